The number of carbonyl (C=O) groups is 1. The monoisotopic (exact) mass is 443 g/mol. The van der Waals surface area contributed by atoms with Crippen molar-refractivity contribution in [3.8, 4) is 0 Å². The molecule has 2 unspecified atom stereocenters. The van der Waals surface area contributed by atoms with Gasteiger partial charge in [0.05, 0.1) is 4.90 Å². The van der Waals surface area contributed by atoms with E-state index in [1.54, 1.807) is 60.9 Å². The Morgan fingerprint density at radius 3 is 2.44 bits per heavy atom. The molecule has 2 atom stereocenters. The van der Waals surface area contributed by atoms with Gasteiger partial charge in [0.25, 0.3) is 10.0 Å². The molecular weight excluding hydrogens is 422 g/mol. The van der Waals surface area contributed by atoms with Gasteiger partial charge in [-0.15, -0.1) is 0 Å². The zero-order valence-corrected chi connectivity index (χ0v) is 17.9. The van der Waals surface area contributed by atoms with E-state index in [1.165, 1.54) is 0 Å². The fourth-order valence-corrected chi connectivity index (χ4v) is 4.92. The number of amides is 1. The summed E-state index contributed by atoms with van der Waals surface area (Å²) in [6, 6.07) is 23.2. The van der Waals surface area contributed by atoms with E-state index in [4.69, 9.17) is 0 Å². The van der Waals surface area contributed by atoms with E-state index in [1.807, 2.05) is 30.3 Å². The summed E-state index contributed by atoms with van der Waals surface area (Å²) < 4.78 is 27.7. The summed E-state index contributed by atoms with van der Waals surface area (Å²) >= 11 is 0. The minimum absolute atomic E-state index is 0.0224. The van der Waals surface area contributed by atoms with Crippen molar-refractivity contribution >= 4 is 38.1 Å². The quantitative estimate of drug-likeness (QED) is 0.449. The highest BCUT2D eigenvalue weighted by Gasteiger charge is 2.44. The van der Waals surface area contributed by atoms with E-state index in [0.29, 0.717) is 5.69 Å². The van der Waals surface area contributed by atoms with E-state index < -0.39 is 10.0 Å². The summed E-state index contributed by atoms with van der Waals surface area (Å²) in [5.41, 5.74) is 2.24. The molecular formula is C25H21N3O3S. The van der Waals surface area contributed by atoms with Crippen molar-refractivity contribution in [2.45, 2.75) is 17.2 Å². The zero-order valence-electron chi connectivity index (χ0n) is 17.1. The van der Waals surface area contributed by atoms with Gasteiger partial charge in [-0.2, -0.15) is 0 Å². The number of carbonyl (C=O) groups excluding carboxylic acids is 1. The van der Waals surface area contributed by atoms with Gasteiger partial charge in [0.15, 0.2) is 0 Å². The molecule has 1 aliphatic rings. The van der Waals surface area contributed by atoms with Crippen molar-refractivity contribution in [1.29, 1.82) is 0 Å². The second kappa shape index (κ2) is 8.09. The predicted octanol–water partition coefficient (Wildman–Crippen LogP) is 4.78. The number of fused-ring (bicyclic) bond motifs is 1. The Labute approximate surface area is 186 Å². The third-order valence-electron chi connectivity index (χ3n) is 5.68. The first-order valence-electron chi connectivity index (χ1n) is 10.3. The molecule has 32 heavy (non-hydrogen) atoms. The first kappa shape index (κ1) is 20.2. The number of anilines is 2. The molecule has 6 nitrogen and oxygen atoms in total. The molecule has 160 valence electrons. The van der Waals surface area contributed by atoms with Crippen LogP contribution in [-0.2, 0) is 14.8 Å². The molecule has 3 aromatic carbocycles. The number of sulfonamides is 1. The van der Waals surface area contributed by atoms with E-state index in [0.717, 1.165) is 28.4 Å². The smallest absolute Gasteiger partial charge is 0.261 e. The van der Waals surface area contributed by atoms with Gasteiger partial charge >= 0.3 is 0 Å². The van der Waals surface area contributed by atoms with Gasteiger partial charge in [-0.25, -0.2) is 8.42 Å². The summed E-state index contributed by atoms with van der Waals surface area (Å²) in [5.74, 6) is -0.0441. The summed E-state index contributed by atoms with van der Waals surface area (Å²) in [6.45, 7) is 0. The number of nitrogens with zero attached hydrogens (tertiary/aromatic N) is 1. The lowest BCUT2D eigenvalue weighted by Gasteiger charge is -2.09. The van der Waals surface area contributed by atoms with E-state index >= 15 is 0 Å². The van der Waals surface area contributed by atoms with Gasteiger partial charge < -0.3 is 5.32 Å². The Balaban J connectivity index is 1.24. The Bertz CT molecular complexity index is 1390. The van der Waals surface area contributed by atoms with Crippen LogP contribution in [0.15, 0.2) is 96.2 Å². The molecule has 0 spiro atoms. The zero-order chi connectivity index (χ0) is 22.1. The lowest BCUT2D eigenvalue weighted by molar-refractivity contribution is -0.117. The molecule has 1 amide bonds. The molecule has 1 heterocycles. The van der Waals surface area contributed by atoms with Crippen LogP contribution in [0.4, 0.5) is 11.4 Å². The SMILES string of the molecule is O=C(Nc1ccc2cnccc2c1)C1CC1c1ccc(S(=O)(=O)Nc2ccccc2)cc1. The fourth-order valence-electron chi connectivity index (χ4n) is 3.86. The molecule has 7 heteroatoms. The molecule has 0 bridgehead atoms. The molecule has 1 saturated carbocycles. The second-order valence-electron chi connectivity index (χ2n) is 7.92. The van der Waals surface area contributed by atoms with Gasteiger partial charge in [0.2, 0.25) is 5.91 Å². The summed E-state index contributed by atoms with van der Waals surface area (Å²) in [4.78, 5) is 17.0. The summed E-state index contributed by atoms with van der Waals surface area (Å²) in [6.07, 6.45) is 4.26. The van der Waals surface area contributed by atoms with Gasteiger partial charge in [0.1, 0.15) is 0 Å². The lowest BCUT2D eigenvalue weighted by Crippen LogP contribution is -2.14. The summed E-state index contributed by atoms with van der Waals surface area (Å²) in [5, 5.41) is 5.03. The molecule has 1 aliphatic carbocycles. The molecule has 4 aromatic rings. The highest BCUT2D eigenvalue weighted by molar-refractivity contribution is 7.92. The number of benzene rings is 3. The molecule has 0 saturated heterocycles. The average molecular weight is 444 g/mol. The predicted molar refractivity (Wildman–Crippen MR) is 125 cm³/mol. The van der Waals surface area contributed by atoms with Crippen LogP contribution in [-0.4, -0.2) is 19.3 Å². The first-order valence-corrected chi connectivity index (χ1v) is 11.8. The minimum Gasteiger partial charge on any atom is -0.326 e. The van der Waals surface area contributed by atoms with E-state index in [9.17, 15) is 13.2 Å². The molecule has 0 aliphatic heterocycles. The van der Waals surface area contributed by atoms with E-state index in [-0.39, 0.29) is 22.6 Å². The van der Waals surface area contributed by atoms with E-state index in [2.05, 4.69) is 15.0 Å². The third-order valence-corrected chi connectivity index (χ3v) is 7.08. The van der Waals surface area contributed by atoms with Crippen molar-refractivity contribution in [3.05, 3.63) is 96.8 Å². The number of hydrogen-bond donors (Lipinski definition) is 2. The largest absolute Gasteiger partial charge is 0.326 e. The fraction of sp³-hybridized carbons (Fsp3) is 0.120. The van der Waals surface area contributed by atoms with Gasteiger partial charge in [-0.1, -0.05) is 36.4 Å². The standard InChI is InChI=1S/C25H21N3O3S/c29-25(27-21-9-6-19-16-26-13-12-18(19)14-21)24-15-23(24)17-7-10-22(11-8-17)32(30,31)28-20-4-2-1-3-5-20/h1-14,16,23-24,28H,15H2,(H,27,29). The van der Waals surface area contributed by atoms with Crippen molar-refractivity contribution in [2.24, 2.45) is 5.92 Å². The Kier molecular flexibility index (Phi) is 5.11. The summed E-state index contributed by atoms with van der Waals surface area (Å²) in [7, 11) is -3.66. The van der Waals surface area contributed by atoms with Crippen LogP contribution in [0.2, 0.25) is 0 Å². The van der Waals surface area contributed by atoms with Crippen LogP contribution < -0.4 is 10.0 Å². The van der Waals surface area contributed by atoms with Crippen molar-refractivity contribution in [2.75, 3.05) is 10.0 Å². The molecule has 0 radical (unpaired) electrons. The van der Waals surface area contributed by atoms with Crippen LogP contribution in [0.3, 0.4) is 0 Å². The van der Waals surface area contributed by atoms with Crippen LogP contribution in [0.25, 0.3) is 10.8 Å². The lowest BCUT2D eigenvalue weighted by atomic mass is 10.1. The van der Waals surface area contributed by atoms with Crippen molar-refractivity contribution in [1.82, 2.24) is 4.98 Å². The first-order chi connectivity index (χ1) is 15.5. The highest BCUT2D eigenvalue weighted by Crippen LogP contribution is 2.48. The Hall–Kier alpha value is -3.71. The van der Waals surface area contributed by atoms with Gasteiger partial charge in [-0.05, 0) is 65.8 Å². The number of aromatic nitrogens is 1. The minimum atomic E-state index is -3.66. The number of pyridine rings is 1. The number of nitrogens with one attached hydrogen (secondary N) is 2. The van der Waals surface area contributed by atoms with Gasteiger partial charge in [0, 0.05) is 35.1 Å². The second-order valence-corrected chi connectivity index (χ2v) is 9.60. The highest BCUT2D eigenvalue weighted by atomic mass is 32.2. The number of para-hydroxylation sites is 1. The maximum atomic E-state index is 12.7. The Morgan fingerprint density at radius 2 is 1.66 bits per heavy atom. The maximum absolute atomic E-state index is 12.7. The number of rotatable bonds is 6. The van der Waals surface area contributed by atoms with Crippen LogP contribution in [0.5, 0.6) is 0 Å². The van der Waals surface area contributed by atoms with Crippen LogP contribution >= 0.6 is 0 Å². The topological polar surface area (TPSA) is 88.2 Å². The third kappa shape index (κ3) is 4.20. The van der Waals surface area contributed by atoms with Crippen molar-refractivity contribution < 1.29 is 13.2 Å². The molecule has 1 aromatic heterocycles. The molecule has 2 N–H and O–H groups in total. The van der Waals surface area contributed by atoms with Crippen LogP contribution in [0, 0.1) is 5.92 Å². The molecule has 5 rings (SSSR count). The van der Waals surface area contributed by atoms with Crippen LogP contribution in [0.1, 0.15) is 17.9 Å². The number of hydrogen-bond acceptors (Lipinski definition) is 4. The van der Waals surface area contributed by atoms with Gasteiger partial charge in [-0.3, -0.25) is 14.5 Å². The maximum Gasteiger partial charge on any atom is 0.261 e. The average Bonchev–Trinajstić information content (AvgIpc) is 3.61. The Morgan fingerprint density at radius 1 is 0.875 bits per heavy atom. The van der Waals surface area contributed by atoms with Crippen molar-refractivity contribution in [3.63, 3.8) is 0 Å². The normalized spacial score (nSPS) is 17.6. The molecule has 1 fully saturated rings.